The maximum absolute atomic E-state index is 9.97. The molecule has 2 heteroatoms. The smallest absolute Gasteiger partial charge is 0.0468 e. The highest BCUT2D eigenvalue weighted by Crippen LogP contribution is 2.35. The topological polar surface area (TPSA) is 40.5 Å². The van der Waals surface area contributed by atoms with Crippen LogP contribution in [0.1, 0.15) is 47.4 Å². The average molecular weight is 312 g/mol. The zero-order valence-corrected chi connectivity index (χ0v) is 14.2. The van der Waals surface area contributed by atoms with Gasteiger partial charge in [0.25, 0.3) is 0 Å². The summed E-state index contributed by atoms with van der Waals surface area (Å²) in [6.07, 6.45) is 2.66. The molecule has 0 saturated carbocycles. The lowest BCUT2D eigenvalue weighted by atomic mass is 9.78. The van der Waals surface area contributed by atoms with Crippen LogP contribution in [-0.4, -0.2) is 23.4 Å². The Morgan fingerprint density at radius 3 is 1.61 bits per heavy atom. The summed E-state index contributed by atoms with van der Waals surface area (Å²) in [6, 6.07) is 17.3. The number of unbranched alkanes of at least 4 members (excludes halogenated alkanes) is 1. The van der Waals surface area contributed by atoms with Gasteiger partial charge in [0.05, 0.1) is 0 Å². The van der Waals surface area contributed by atoms with Gasteiger partial charge in [-0.1, -0.05) is 66.1 Å². The van der Waals surface area contributed by atoms with Crippen molar-refractivity contribution in [2.24, 2.45) is 5.92 Å². The minimum atomic E-state index is 0.165. The minimum Gasteiger partial charge on any atom is -0.396 e. The summed E-state index contributed by atoms with van der Waals surface area (Å²) in [5.74, 6) is 0.367. The number of benzene rings is 2. The number of aliphatic hydroxyl groups is 2. The molecule has 1 unspecified atom stereocenters. The molecule has 0 aromatic heterocycles. The Morgan fingerprint density at radius 1 is 0.739 bits per heavy atom. The van der Waals surface area contributed by atoms with E-state index in [1.807, 2.05) is 0 Å². The van der Waals surface area contributed by atoms with Crippen molar-refractivity contribution in [3.05, 3.63) is 70.8 Å². The van der Waals surface area contributed by atoms with E-state index in [-0.39, 0.29) is 25.0 Å². The summed E-state index contributed by atoms with van der Waals surface area (Å²) in [5, 5.41) is 19.0. The third-order valence-electron chi connectivity index (χ3n) is 4.56. The molecule has 0 radical (unpaired) electrons. The predicted octanol–water partition coefficient (Wildman–Crippen LogP) is 4.21. The lowest BCUT2D eigenvalue weighted by Gasteiger charge is -2.27. The number of aliphatic hydroxyl groups excluding tert-OH is 2. The Morgan fingerprint density at radius 2 is 1.22 bits per heavy atom. The Kier molecular flexibility index (Phi) is 6.82. The second-order valence-corrected chi connectivity index (χ2v) is 6.46. The van der Waals surface area contributed by atoms with Gasteiger partial charge in [-0.25, -0.2) is 0 Å². The van der Waals surface area contributed by atoms with E-state index in [9.17, 15) is 5.11 Å². The van der Waals surface area contributed by atoms with Crippen molar-refractivity contribution in [1.82, 2.24) is 0 Å². The fourth-order valence-electron chi connectivity index (χ4n) is 3.17. The predicted molar refractivity (Wildman–Crippen MR) is 95.7 cm³/mol. The van der Waals surface area contributed by atoms with E-state index in [4.69, 9.17) is 5.11 Å². The van der Waals surface area contributed by atoms with Crippen molar-refractivity contribution in [1.29, 1.82) is 0 Å². The molecule has 124 valence electrons. The van der Waals surface area contributed by atoms with Gasteiger partial charge in [0, 0.05) is 19.1 Å². The van der Waals surface area contributed by atoms with Gasteiger partial charge in [0.2, 0.25) is 0 Å². The number of hydrogen-bond acceptors (Lipinski definition) is 2. The van der Waals surface area contributed by atoms with E-state index >= 15 is 0 Å². The van der Waals surface area contributed by atoms with Gasteiger partial charge in [-0.2, -0.15) is 0 Å². The van der Waals surface area contributed by atoms with Crippen LogP contribution in [0.3, 0.4) is 0 Å². The molecule has 1 atom stereocenters. The average Bonchev–Trinajstić information content (AvgIpc) is 2.57. The summed E-state index contributed by atoms with van der Waals surface area (Å²) in [5.41, 5.74) is 5.00. The molecule has 2 rings (SSSR count). The molecule has 0 bridgehead atoms. The van der Waals surface area contributed by atoms with Crippen LogP contribution in [0, 0.1) is 19.8 Å². The number of rotatable bonds is 8. The fourth-order valence-corrected chi connectivity index (χ4v) is 3.17. The maximum Gasteiger partial charge on any atom is 0.0468 e. The second kappa shape index (κ2) is 8.85. The van der Waals surface area contributed by atoms with Gasteiger partial charge >= 0.3 is 0 Å². The van der Waals surface area contributed by atoms with Crippen LogP contribution in [0.15, 0.2) is 48.5 Å². The molecular weight excluding hydrogens is 284 g/mol. The van der Waals surface area contributed by atoms with Crippen LogP contribution in [0.25, 0.3) is 0 Å². The first-order valence-electron chi connectivity index (χ1n) is 8.50. The zero-order valence-electron chi connectivity index (χ0n) is 14.2. The second-order valence-electron chi connectivity index (χ2n) is 6.46. The van der Waals surface area contributed by atoms with E-state index < -0.39 is 0 Å². The molecule has 0 aliphatic rings. The van der Waals surface area contributed by atoms with E-state index in [1.54, 1.807) is 0 Å². The molecule has 0 amide bonds. The highest BCUT2D eigenvalue weighted by atomic mass is 16.3. The first-order chi connectivity index (χ1) is 11.2. The number of hydrogen-bond donors (Lipinski definition) is 2. The normalized spacial score (nSPS) is 12.6. The summed E-state index contributed by atoms with van der Waals surface area (Å²) in [7, 11) is 0. The molecule has 0 aliphatic carbocycles. The monoisotopic (exact) mass is 312 g/mol. The highest BCUT2D eigenvalue weighted by molar-refractivity contribution is 5.36. The van der Waals surface area contributed by atoms with Crippen LogP contribution in [0.4, 0.5) is 0 Å². The molecule has 0 saturated heterocycles. The van der Waals surface area contributed by atoms with Crippen LogP contribution in [0.2, 0.25) is 0 Å². The molecule has 2 nitrogen and oxygen atoms in total. The van der Waals surface area contributed by atoms with Crippen LogP contribution < -0.4 is 0 Å². The zero-order chi connectivity index (χ0) is 16.7. The third-order valence-corrected chi connectivity index (χ3v) is 4.56. The molecule has 0 spiro atoms. The standard InChI is InChI=1S/C21H28O2/c1-16-6-10-18(11-7-16)21(19-12-8-17(2)9-13-19)20(15-23)5-3-4-14-22/h6-13,20-23H,3-5,14-15H2,1-2H3. The first kappa shape index (κ1) is 17.7. The van der Waals surface area contributed by atoms with E-state index in [0.717, 1.165) is 19.3 Å². The van der Waals surface area contributed by atoms with Crippen LogP contribution in [0.5, 0.6) is 0 Å². The quantitative estimate of drug-likeness (QED) is 0.717. The van der Waals surface area contributed by atoms with Crippen molar-refractivity contribution in [3.8, 4) is 0 Å². The fraction of sp³-hybridized carbons (Fsp3) is 0.429. The Balaban J connectivity index is 2.32. The maximum atomic E-state index is 9.97. The highest BCUT2D eigenvalue weighted by Gasteiger charge is 2.24. The van der Waals surface area contributed by atoms with E-state index in [0.29, 0.717) is 0 Å². The Labute approximate surface area is 139 Å². The van der Waals surface area contributed by atoms with Crippen molar-refractivity contribution < 1.29 is 10.2 Å². The molecule has 2 N–H and O–H groups in total. The Hall–Kier alpha value is -1.64. The van der Waals surface area contributed by atoms with Gasteiger partial charge in [-0.15, -0.1) is 0 Å². The summed E-state index contributed by atoms with van der Waals surface area (Å²) in [6.45, 7) is 4.57. The molecule has 2 aromatic carbocycles. The summed E-state index contributed by atoms with van der Waals surface area (Å²) < 4.78 is 0. The summed E-state index contributed by atoms with van der Waals surface area (Å²) >= 11 is 0. The molecular formula is C21H28O2. The van der Waals surface area contributed by atoms with E-state index in [2.05, 4.69) is 62.4 Å². The van der Waals surface area contributed by atoms with Crippen molar-refractivity contribution in [2.45, 2.75) is 39.0 Å². The van der Waals surface area contributed by atoms with Crippen LogP contribution >= 0.6 is 0 Å². The largest absolute Gasteiger partial charge is 0.396 e. The van der Waals surface area contributed by atoms with Crippen LogP contribution in [-0.2, 0) is 0 Å². The molecule has 0 fully saturated rings. The van der Waals surface area contributed by atoms with Crippen molar-refractivity contribution in [3.63, 3.8) is 0 Å². The van der Waals surface area contributed by atoms with Crippen molar-refractivity contribution in [2.75, 3.05) is 13.2 Å². The molecule has 0 aliphatic heterocycles. The van der Waals surface area contributed by atoms with Gasteiger partial charge in [-0.3, -0.25) is 0 Å². The molecule has 23 heavy (non-hydrogen) atoms. The lowest BCUT2D eigenvalue weighted by Crippen LogP contribution is -2.18. The van der Waals surface area contributed by atoms with Gasteiger partial charge in [0.15, 0.2) is 0 Å². The SMILES string of the molecule is Cc1ccc(C(c2ccc(C)cc2)C(CO)CCCCO)cc1. The molecule has 2 aromatic rings. The minimum absolute atomic E-state index is 0.165. The third kappa shape index (κ3) is 4.92. The first-order valence-corrected chi connectivity index (χ1v) is 8.50. The Bertz CT molecular complexity index is 526. The van der Waals surface area contributed by atoms with Gasteiger partial charge in [0.1, 0.15) is 0 Å². The number of aryl methyl sites for hydroxylation is 2. The lowest BCUT2D eigenvalue weighted by molar-refractivity contribution is 0.197. The van der Waals surface area contributed by atoms with Crippen molar-refractivity contribution >= 4 is 0 Å². The molecule has 0 heterocycles. The van der Waals surface area contributed by atoms with Gasteiger partial charge in [-0.05, 0) is 43.7 Å². The van der Waals surface area contributed by atoms with Gasteiger partial charge < -0.3 is 10.2 Å². The van der Waals surface area contributed by atoms with E-state index in [1.165, 1.54) is 22.3 Å². The summed E-state index contributed by atoms with van der Waals surface area (Å²) in [4.78, 5) is 0.